The van der Waals surface area contributed by atoms with Gasteiger partial charge in [-0.3, -0.25) is 0 Å². The summed E-state index contributed by atoms with van der Waals surface area (Å²) >= 11 is 20.5. The van der Waals surface area contributed by atoms with Crippen LogP contribution in [0.15, 0.2) is 36.4 Å². The molecule has 2 nitrogen and oxygen atoms in total. The van der Waals surface area contributed by atoms with E-state index in [1.54, 1.807) is 6.07 Å². The lowest BCUT2D eigenvalue weighted by atomic mass is 10.0. The summed E-state index contributed by atoms with van der Waals surface area (Å²) < 4.78 is 1.09. The van der Waals surface area contributed by atoms with Crippen LogP contribution in [0.2, 0.25) is 15.2 Å². The lowest BCUT2D eigenvalue weighted by molar-refractivity contribution is 0.958. The van der Waals surface area contributed by atoms with Crippen molar-refractivity contribution in [2.24, 2.45) is 0 Å². The topological polar surface area (TPSA) is 25.8 Å². The molecule has 2 aromatic carbocycles. The zero-order valence-electron chi connectivity index (χ0n) is 10.6. The van der Waals surface area contributed by atoms with Gasteiger partial charge in [-0.15, -0.1) is 5.10 Å². The summed E-state index contributed by atoms with van der Waals surface area (Å²) in [5.41, 5.74) is 1.85. The number of halogens is 4. The van der Waals surface area contributed by atoms with Crippen LogP contribution < -0.4 is 0 Å². The first-order valence-electron chi connectivity index (χ1n) is 6.09. The fourth-order valence-corrected chi connectivity index (χ4v) is 3.80. The third-order valence-corrected chi connectivity index (χ3v) is 4.69. The van der Waals surface area contributed by atoms with E-state index in [1.165, 1.54) is 0 Å². The molecule has 0 fully saturated rings. The predicted molar refractivity (Wildman–Crippen MR) is 96.5 cm³/mol. The lowest BCUT2D eigenvalue weighted by Gasteiger charge is -2.09. The Morgan fingerprint density at radius 2 is 1.67 bits per heavy atom. The van der Waals surface area contributed by atoms with Crippen molar-refractivity contribution in [3.63, 3.8) is 0 Å². The number of nitrogens with zero attached hydrogens (tertiary/aromatic N) is 2. The molecule has 0 aliphatic carbocycles. The van der Waals surface area contributed by atoms with Gasteiger partial charge in [0.05, 0.1) is 5.69 Å². The van der Waals surface area contributed by atoms with Gasteiger partial charge in [-0.05, 0) is 52.4 Å². The molecule has 3 aromatic rings. The molecule has 21 heavy (non-hydrogen) atoms. The molecule has 0 aliphatic rings. The second-order valence-corrected chi connectivity index (χ2v) is 6.95. The maximum atomic E-state index is 6.14. The maximum Gasteiger partial charge on any atom is 0.159 e. The molecule has 3 rings (SSSR count). The van der Waals surface area contributed by atoms with Gasteiger partial charge in [-0.2, -0.15) is 5.10 Å². The lowest BCUT2D eigenvalue weighted by Crippen LogP contribution is -1.99. The second kappa shape index (κ2) is 6.24. The number of hydrogen-bond acceptors (Lipinski definition) is 2. The van der Waals surface area contributed by atoms with Crippen molar-refractivity contribution in [2.45, 2.75) is 6.42 Å². The minimum Gasteiger partial charge on any atom is -0.153 e. The Kier molecular flexibility index (Phi) is 4.54. The van der Waals surface area contributed by atoms with Crippen molar-refractivity contribution in [1.82, 2.24) is 10.2 Å². The van der Waals surface area contributed by atoms with E-state index >= 15 is 0 Å². The minimum absolute atomic E-state index is 0.413. The summed E-state index contributed by atoms with van der Waals surface area (Å²) in [5, 5.41) is 11.8. The highest BCUT2D eigenvalue weighted by atomic mass is 127. The van der Waals surface area contributed by atoms with Crippen LogP contribution in [0.3, 0.4) is 0 Å². The quantitative estimate of drug-likeness (QED) is 0.463. The molecular formula is C15H8Cl3IN2. The Labute approximate surface area is 150 Å². The molecule has 0 saturated carbocycles. The molecule has 0 radical (unpaired) electrons. The zero-order valence-corrected chi connectivity index (χ0v) is 15.0. The van der Waals surface area contributed by atoms with Crippen LogP contribution >= 0.6 is 57.4 Å². The Morgan fingerprint density at radius 3 is 2.38 bits per heavy atom. The maximum absolute atomic E-state index is 6.14. The molecule has 0 amide bonds. The highest BCUT2D eigenvalue weighted by molar-refractivity contribution is 14.1. The number of benzene rings is 2. The SMILES string of the molecule is Clc1cc(Cl)cc(Cc2nnc(Cl)c3cccc(I)c23)c1. The number of rotatable bonds is 2. The van der Waals surface area contributed by atoms with E-state index in [9.17, 15) is 0 Å². The third kappa shape index (κ3) is 3.26. The average Bonchev–Trinajstić information content (AvgIpc) is 2.41. The van der Waals surface area contributed by atoms with E-state index in [2.05, 4.69) is 32.8 Å². The molecule has 0 atom stereocenters. The monoisotopic (exact) mass is 448 g/mol. The molecule has 6 heteroatoms. The van der Waals surface area contributed by atoms with Gasteiger partial charge in [0.1, 0.15) is 0 Å². The largest absolute Gasteiger partial charge is 0.159 e. The molecule has 106 valence electrons. The van der Waals surface area contributed by atoms with Gasteiger partial charge in [-0.1, -0.05) is 46.9 Å². The molecule has 0 bridgehead atoms. The normalized spacial score (nSPS) is 11.0. The molecule has 1 aromatic heterocycles. The van der Waals surface area contributed by atoms with Gasteiger partial charge >= 0.3 is 0 Å². The number of fused-ring (bicyclic) bond motifs is 1. The van der Waals surface area contributed by atoms with Gasteiger partial charge in [-0.25, -0.2) is 0 Å². The Bertz CT molecular complexity index is 816. The van der Waals surface area contributed by atoms with Gasteiger partial charge in [0.15, 0.2) is 5.15 Å². The molecular weight excluding hydrogens is 441 g/mol. The van der Waals surface area contributed by atoms with Crippen LogP contribution in [0, 0.1) is 3.57 Å². The van der Waals surface area contributed by atoms with Gasteiger partial charge in [0.2, 0.25) is 0 Å². The fourth-order valence-electron chi connectivity index (χ4n) is 2.23. The number of aromatic nitrogens is 2. The zero-order chi connectivity index (χ0) is 15.0. The first kappa shape index (κ1) is 15.3. The number of hydrogen-bond donors (Lipinski definition) is 0. The van der Waals surface area contributed by atoms with Crippen molar-refractivity contribution in [2.75, 3.05) is 0 Å². The molecule has 1 heterocycles. The van der Waals surface area contributed by atoms with E-state index in [0.29, 0.717) is 21.6 Å². The Balaban J connectivity index is 2.15. The van der Waals surface area contributed by atoms with E-state index in [1.807, 2.05) is 30.3 Å². The van der Waals surface area contributed by atoms with Crippen LogP contribution in [0.5, 0.6) is 0 Å². The van der Waals surface area contributed by atoms with Crippen molar-refractivity contribution in [1.29, 1.82) is 0 Å². The molecule has 0 aliphatic heterocycles. The first-order valence-corrected chi connectivity index (χ1v) is 8.30. The third-order valence-electron chi connectivity index (χ3n) is 3.08. The van der Waals surface area contributed by atoms with E-state index in [-0.39, 0.29) is 0 Å². The van der Waals surface area contributed by atoms with E-state index < -0.39 is 0 Å². The van der Waals surface area contributed by atoms with Crippen LogP contribution in [0.1, 0.15) is 11.3 Å². The van der Waals surface area contributed by atoms with Gasteiger partial charge < -0.3 is 0 Å². The molecule has 0 saturated heterocycles. The molecule has 0 N–H and O–H groups in total. The van der Waals surface area contributed by atoms with Crippen LogP contribution in [-0.2, 0) is 6.42 Å². The second-order valence-electron chi connectivity index (χ2n) is 4.55. The van der Waals surface area contributed by atoms with Crippen molar-refractivity contribution in [3.05, 3.63) is 66.4 Å². The molecule has 0 spiro atoms. The van der Waals surface area contributed by atoms with Crippen LogP contribution in [0.25, 0.3) is 10.8 Å². The van der Waals surface area contributed by atoms with Crippen LogP contribution in [0.4, 0.5) is 0 Å². The predicted octanol–water partition coefficient (Wildman–Crippen LogP) is 5.79. The summed E-state index contributed by atoms with van der Waals surface area (Å²) in [5.74, 6) is 0. The minimum atomic E-state index is 0.413. The summed E-state index contributed by atoms with van der Waals surface area (Å²) in [6.07, 6.45) is 0.598. The van der Waals surface area contributed by atoms with Crippen molar-refractivity contribution in [3.8, 4) is 0 Å². The highest BCUT2D eigenvalue weighted by Crippen LogP contribution is 2.29. The Morgan fingerprint density at radius 1 is 0.952 bits per heavy atom. The smallest absolute Gasteiger partial charge is 0.153 e. The highest BCUT2D eigenvalue weighted by Gasteiger charge is 2.12. The van der Waals surface area contributed by atoms with Crippen molar-refractivity contribution >= 4 is 68.2 Å². The summed E-state index contributed by atoms with van der Waals surface area (Å²) in [7, 11) is 0. The standard InChI is InChI=1S/C15H8Cl3IN2/c16-9-4-8(5-10(17)7-9)6-13-14-11(15(18)21-20-13)2-1-3-12(14)19/h1-5,7H,6H2. The summed E-state index contributed by atoms with van der Waals surface area (Å²) in [4.78, 5) is 0. The molecule has 0 unspecified atom stereocenters. The Hall–Kier alpha value is -0.620. The summed E-state index contributed by atoms with van der Waals surface area (Å²) in [6.45, 7) is 0. The van der Waals surface area contributed by atoms with Crippen LogP contribution in [-0.4, -0.2) is 10.2 Å². The van der Waals surface area contributed by atoms with Crippen molar-refractivity contribution < 1.29 is 0 Å². The fraction of sp³-hybridized carbons (Fsp3) is 0.0667. The van der Waals surface area contributed by atoms with E-state index in [0.717, 1.165) is 25.6 Å². The average molecular weight is 450 g/mol. The summed E-state index contributed by atoms with van der Waals surface area (Å²) in [6, 6.07) is 11.4. The first-order chi connectivity index (χ1) is 10.0. The van der Waals surface area contributed by atoms with Gasteiger partial charge in [0.25, 0.3) is 0 Å². The van der Waals surface area contributed by atoms with E-state index in [4.69, 9.17) is 34.8 Å². The van der Waals surface area contributed by atoms with Gasteiger partial charge in [0, 0.05) is 30.8 Å².